The van der Waals surface area contributed by atoms with E-state index in [1.54, 1.807) is 20.3 Å². The minimum atomic E-state index is -0.897. The fourth-order valence-electron chi connectivity index (χ4n) is 2.50. The molecule has 0 radical (unpaired) electrons. The first kappa shape index (κ1) is 17.0. The molecule has 6 heteroatoms. The Kier molecular flexibility index (Phi) is 5.00. The average molecular weight is 355 g/mol. The molecule has 0 aliphatic carbocycles. The van der Waals surface area contributed by atoms with Crippen molar-refractivity contribution in [3.05, 3.63) is 53.0 Å². The molecule has 1 N–H and O–H groups in total. The second-order valence-electron chi connectivity index (χ2n) is 5.34. The van der Waals surface area contributed by atoms with Crippen LogP contribution in [0.3, 0.4) is 0 Å². The van der Waals surface area contributed by atoms with Crippen molar-refractivity contribution in [2.45, 2.75) is 6.42 Å². The number of aliphatic carboxylic acids is 1. The number of ether oxygens (including phenoxy) is 2. The number of fused-ring (bicyclic) bond motifs is 1. The number of benzene rings is 2. The lowest BCUT2D eigenvalue weighted by Crippen LogP contribution is -1.97. The summed E-state index contributed by atoms with van der Waals surface area (Å²) >= 11 is 1.49. The molecular formula is C19H17NO4S. The Bertz CT molecular complexity index is 913. The van der Waals surface area contributed by atoms with Crippen LogP contribution in [-0.2, 0) is 4.79 Å². The molecule has 0 bridgehead atoms. The zero-order valence-electron chi connectivity index (χ0n) is 13.9. The van der Waals surface area contributed by atoms with Crippen LogP contribution in [0.2, 0.25) is 0 Å². The van der Waals surface area contributed by atoms with Gasteiger partial charge in [-0.05, 0) is 41.5 Å². The number of nitrogens with zero attached hydrogens (tertiary/aromatic N) is 1. The lowest BCUT2D eigenvalue weighted by Gasteiger charge is -2.08. The number of hydrogen-bond acceptors (Lipinski definition) is 5. The summed E-state index contributed by atoms with van der Waals surface area (Å²) in [5.41, 5.74) is 2.35. The van der Waals surface area contributed by atoms with E-state index in [9.17, 15) is 9.90 Å². The zero-order chi connectivity index (χ0) is 17.8. The van der Waals surface area contributed by atoms with Crippen molar-refractivity contribution in [1.29, 1.82) is 0 Å². The van der Waals surface area contributed by atoms with E-state index in [1.165, 1.54) is 11.3 Å². The summed E-state index contributed by atoms with van der Waals surface area (Å²) in [6, 6.07) is 13.2. The molecule has 3 rings (SSSR count). The molecule has 3 aromatic rings. The second kappa shape index (κ2) is 7.36. The minimum absolute atomic E-state index is 0.103. The maximum Gasteiger partial charge on any atom is 0.307 e. The largest absolute Gasteiger partial charge is 0.493 e. The molecule has 128 valence electrons. The van der Waals surface area contributed by atoms with E-state index < -0.39 is 5.97 Å². The SMILES string of the molecule is COc1ccc(/C=C(/CC(=O)O)c2nc3ccccc3s2)cc1OC. The number of rotatable bonds is 6. The number of methoxy groups -OCH3 is 2. The summed E-state index contributed by atoms with van der Waals surface area (Å²) in [5, 5.41) is 9.98. The number of hydrogen-bond donors (Lipinski definition) is 1. The Hall–Kier alpha value is -2.86. The molecule has 0 saturated carbocycles. The molecule has 25 heavy (non-hydrogen) atoms. The Morgan fingerprint density at radius 2 is 1.92 bits per heavy atom. The van der Waals surface area contributed by atoms with E-state index in [4.69, 9.17) is 9.47 Å². The summed E-state index contributed by atoms with van der Waals surface area (Å²) < 4.78 is 11.6. The summed E-state index contributed by atoms with van der Waals surface area (Å²) in [5.74, 6) is 0.320. The minimum Gasteiger partial charge on any atom is -0.493 e. The Balaban J connectivity index is 2.06. The number of thiazole rings is 1. The number of carboxylic acid groups (broad SMARTS) is 1. The van der Waals surface area contributed by atoms with Crippen LogP contribution in [0.5, 0.6) is 11.5 Å². The predicted octanol–water partition coefficient (Wildman–Crippen LogP) is 4.33. The van der Waals surface area contributed by atoms with Crippen molar-refractivity contribution in [3.8, 4) is 11.5 Å². The molecule has 0 aliphatic heterocycles. The Morgan fingerprint density at radius 1 is 1.16 bits per heavy atom. The molecule has 0 amide bonds. The van der Waals surface area contributed by atoms with Crippen LogP contribution in [0, 0.1) is 0 Å². The topological polar surface area (TPSA) is 68.7 Å². The van der Waals surface area contributed by atoms with Crippen LogP contribution in [0.25, 0.3) is 21.9 Å². The second-order valence-corrected chi connectivity index (χ2v) is 6.37. The number of carboxylic acids is 1. The van der Waals surface area contributed by atoms with Gasteiger partial charge in [0, 0.05) is 0 Å². The maximum atomic E-state index is 11.3. The van der Waals surface area contributed by atoms with Gasteiger partial charge in [-0.15, -0.1) is 11.3 Å². The fourth-order valence-corrected chi connectivity index (χ4v) is 3.48. The first-order valence-electron chi connectivity index (χ1n) is 7.61. The van der Waals surface area contributed by atoms with E-state index in [1.807, 2.05) is 42.5 Å². The van der Waals surface area contributed by atoms with E-state index in [0.29, 0.717) is 22.1 Å². The predicted molar refractivity (Wildman–Crippen MR) is 99.3 cm³/mol. The lowest BCUT2D eigenvalue weighted by atomic mass is 10.1. The molecule has 1 aromatic heterocycles. The van der Waals surface area contributed by atoms with Crippen LogP contribution in [0.4, 0.5) is 0 Å². The number of aromatic nitrogens is 1. The molecule has 0 spiro atoms. The standard InChI is InChI=1S/C19H17NO4S/c1-23-15-8-7-12(10-16(15)24-2)9-13(11-18(21)22)19-20-14-5-3-4-6-17(14)25-19/h3-10H,11H2,1-2H3,(H,21,22)/b13-9-. The van der Waals surface area contributed by atoms with E-state index >= 15 is 0 Å². The van der Waals surface area contributed by atoms with Gasteiger partial charge in [-0.2, -0.15) is 0 Å². The molecule has 1 heterocycles. The molecule has 0 saturated heterocycles. The molecule has 0 aliphatic rings. The van der Waals surface area contributed by atoms with Crippen LogP contribution in [0.1, 0.15) is 17.0 Å². The highest BCUT2D eigenvalue weighted by Crippen LogP contribution is 2.32. The van der Waals surface area contributed by atoms with Crippen molar-refractivity contribution in [2.24, 2.45) is 0 Å². The summed E-state index contributed by atoms with van der Waals surface area (Å²) in [6.07, 6.45) is 1.72. The normalized spacial score (nSPS) is 11.5. The van der Waals surface area contributed by atoms with E-state index in [0.717, 1.165) is 15.8 Å². The number of para-hydroxylation sites is 1. The summed E-state index contributed by atoms with van der Waals surface area (Å²) in [4.78, 5) is 15.9. The van der Waals surface area contributed by atoms with E-state index in [2.05, 4.69) is 4.98 Å². The van der Waals surface area contributed by atoms with Gasteiger partial charge in [-0.3, -0.25) is 4.79 Å². The number of carbonyl (C=O) groups is 1. The third-order valence-electron chi connectivity index (χ3n) is 3.66. The smallest absolute Gasteiger partial charge is 0.307 e. The summed E-state index contributed by atoms with van der Waals surface area (Å²) in [6.45, 7) is 0. The van der Waals surface area contributed by atoms with Gasteiger partial charge in [0.1, 0.15) is 5.01 Å². The van der Waals surface area contributed by atoms with Crippen LogP contribution < -0.4 is 9.47 Å². The molecule has 5 nitrogen and oxygen atoms in total. The fraction of sp³-hybridized carbons (Fsp3) is 0.158. The monoisotopic (exact) mass is 355 g/mol. The highest BCUT2D eigenvalue weighted by atomic mass is 32.1. The van der Waals surface area contributed by atoms with Gasteiger partial charge in [-0.1, -0.05) is 18.2 Å². The lowest BCUT2D eigenvalue weighted by molar-refractivity contribution is -0.135. The molecule has 0 atom stereocenters. The maximum absolute atomic E-state index is 11.3. The van der Waals surface area contributed by atoms with Crippen molar-refractivity contribution < 1.29 is 19.4 Å². The quantitative estimate of drug-likeness (QED) is 0.713. The van der Waals surface area contributed by atoms with E-state index in [-0.39, 0.29) is 6.42 Å². The third kappa shape index (κ3) is 3.80. The van der Waals surface area contributed by atoms with Crippen LogP contribution >= 0.6 is 11.3 Å². The van der Waals surface area contributed by atoms with Gasteiger partial charge in [0.25, 0.3) is 0 Å². The Morgan fingerprint density at radius 3 is 2.60 bits per heavy atom. The van der Waals surface area contributed by atoms with Gasteiger partial charge >= 0.3 is 5.97 Å². The first-order valence-corrected chi connectivity index (χ1v) is 8.42. The molecule has 2 aromatic carbocycles. The molecule has 0 unspecified atom stereocenters. The van der Waals surface area contributed by atoms with Crippen molar-refractivity contribution in [2.75, 3.05) is 14.2 Å². The molecular weight excluding hydrogens is 338 g/mol. The zero-order valence-corrected chi connectivity index (χ0v) is 14.7. The van der Waals surface area contributed by atoms with Gasteiger partial charge in [0.15, 0.2) is 11.5 Å². The van der Waals surface area contributed by atoms with Gasteiger partial charge < -0.3 is 14.6 Å². The van der Waals surface area contributed by atoms with Crippen molar-refractivity contribution in [1.82, 2.24) is 4.98 Å². The van der Waals surface area contributed by atoms with Crippen molar-refractivity contribution >= 4 is 39.2 Å². The first-order chi connectivity index (χ1) is 12.1. The van der Waals surface area contributed by atoms with Gasteiger partial charge in [0.05, 0.1) is 30.9 Å². The third-order valence-corrected chi connectivity index (χ3v) is 4.77. The van der Waals surface area contributed by atoms with Crippen LogP contribution in [0.15, 0.2) is 42.5 Å². The highest BCUT2D eigenvalue weighted by molar-refractivity contribution is 7.19. The van der Waals surface area contributed by atoms with Crippen molar-refractivity contribution in [3.63, 3.8) is 0 Å². The molecule has 0 fully saturated rings. The highest BCUT2D eigenvalue weighted by Gasteiger charge is 2.13. The van der Waals surface area contributed by atoms with Gasteiger partial charge in [-0.25, -0.2) is 4.98 Å². The average Bonchev–Trinajstić information content (AvgIpc) is 3.04. The summed E-state index contributed by atoms with van der Waals surface area (Å²) in [7, 11) is 3.14. The Labute approximate surface area is 149 Å². The van der Waals surface area contributed by atoms with Gasteiger partial charge in [0.2, 0.25) is 0 Å². The van der Waals surface area contributed by atoms with Crippen LogP contribution in [-0.4, -0.2) is 30.3 Å².